The Bertz CT molecular complexity index is 656. The zero-order chi connectivity index (χ0) is 14.7. The summed E-state index contributed by atoms with van der Waals surface area (Å²) in [7, 11) is 0. The number of anilines is 1. The van der Waals surface area contributed by atoms with E-state index in [4.69, 9.17) is 5.73 Å². The standard InChI is InChI=1S/C15H14F2N2O/c1-9-5-12(18)7-13(14(9)17)15(20)19-8-10-3-2-4-11(16)6-10/h2-7H,8,18H2,1H3,(H,19,20). The molecule has 0 radical (unpaired) electrons. The summed E-state index contributed by atoms with van der Waals surface area (Å²) in [4.78, 5) is 11.9. The van der Waals surface area contributed by atoms with Crippen LogP contribution in [0.4, 0.5) is 14.5 Å². The van der Waals surface area contributed by atoms with E-state index in [1.807, 2.05) is 0 Å². The maximum atomic E-state index is 13.8. The maximum Gasteiger partial charge on any atom is 0.254 e. The molecule has 104 valence electrons. The van der Waals surface area contributed by atoms with Crippen LogP contribution in [0.25, 0.3) is 0 Å². The predicted octanol–water partition coefficient (Wildman–Crippen LogP) is 2.79. The summed E-state index contributed by atoms with van der Waals surface area (Å²) in [6.45, 7) is 1.65. The third-order valence-electron chi connectivity index (χ3n) is 2.86. The molecule has 2 rings (SSSR count). The Morgan fingerprint density at radius 2 is 2.00 bits per heavy atom. The third kappa shape index (κ3) is 3.12. The van der Waals surface area contributed by atoms with Crippen molar-refractivity contribution in [3.8, 4) is 0 Å². The van der Waals surface area contributed by atoms with Gasteiger partial charge in [-0.25, -0.2) is 8.78 Å². The van der Waals surface area contributed by atoms with Gasteiger partial charge in [-0.1, -0.05) is 12.1 Å². The van der Waals surface area contributed by atoms with Gasteiger partial charge < -0.3 is 11.1 Å². The largest absolute Gasteiger partial charge is 0.399 e. The smallest absolute Gasteiger partial charge is 0.254 e. The number of hydrogen-bond donors (Lipinski definition) is 2. The van der Waals surface area contributed by atoms with E-state index in [0.717, 1.165) is 0 Å². The Labute approximate surface area is 115 Å². The van der Waals surface area contributed by atoms with Crippen molar-refractivity contribution in [3.05, 3.63) is 64.7 Å². The van der Waals surface area contributed by atoms with Gasteiger partial charge in [-0.05, 0) is 42.3 Å². The summed E-state index contributed by atoms with van der Waals surface area (Å²) in [5.41, 5.74) is 6.71. The normalized spacial score (nSPS) is 10.3. The minimum absolute atomic E-state index is 0.112. The van der Waals surface area contributed by atoms with E-state index in [1.165, 1.54) is 31.2 Å². The molecule has 0 aliphatic heterocycles. The Hall–Kier alpha value is -2.43. The first-order valence-corrected chi connectivity index (χ1v) is 6.05. The molecule has 0 aromatic heterocycles. The van der Waals surface area contributed by atoms with Gasteiger partial charge in [0, 0.05) is 12.2 Å². The van der Waals surface area contributed by atoms with Crippen LogP contribution in [0.1, 0.15) is 21.5 Å². The lowest BCUT2D eigenvalue weighted by Gasteiger charge is -2.09. The van der Waals surface area contributed by atoms with Gasteiger partial charge in [0.2, 0.25) is 0 Å². The van der Waals surface area contributed by atoms with Gasteiger partial charge in [0.05, 0.1) is 5.56 Å². The van der Waals surface area contributed by atoms with Gasteiger partial charge in [0.15, 0.2) is 0 Å². The number of hydrogen-bond acceptors (Lipinski definition) is 2. The zero-order valence-electron chi connectivity index (χ0n) is 10.9. The molecular weight excluding hydrogens is 262 g/mol. The molecule has 0 atom stereocenters. The molecule has 0 aliphatic carbocycles. The first-order chi connectivity index (χ1) is 9.47. The third-order valence-corrected chi connectivity index (χ3v) is 2.86. The number of aryl methyl sites for hydroxylation is 1. The van der Waals surface area contributed by atoms with Crippen molar-refractivity contribution in [2.24, 2.45) is 0 Å². The highest BCUT2D eigenvalue weighted by molar-refractivity contribution is 5.95. The SMILES string of the molecule is Cc1cc(N)cc(C(=O)NCc2cccc(F)c2)c1F. The molecular formula is C15H14F2N2O. The fourth-order valence-electron chi connectivity index (χ4n) is 1.89. The summed E-state index contributed by atoms with van der Waals surface area (Å²) < 4.78 is 26.8. The van der Waals surface area contributed by atoms with Crippen LogP contribution in [0.5, 0.6) is 0 Å². The number of nitrogens with two attached hydrogens (primary N) is 1. The molecule has 0 aliphatic rings. The van der Waals surface area contributed by atoms with Crippen LogP contribution in [0.3, 0.4) is 0 Å². The number of halogens is 2. The second-order valence-corrected chi connectivity index (χ2v) is 4.51. The molecule has 0 saturated carbocycles. The van der Waals surface area contributed by atoms with Gasteiger partial charge >= 0.3 is 0 Å². The van der Waals surface area contributed by atoms with Gasteiger partial charge in [-0.2, -0.15) is 0 Å². The van der Waals surface area contributed by atoms with Gasteiger partial charge in [-0.15, -0.1) is 0 Å². The average Bonchev–Trinajstić information content (AvgIpc) is 2.40. The first kappa shape index (κ1) is 14.0. The fraction of sp³-hybridized carbons (Fsp3) is 0.133. The van der Waals surface area contributed by atoms with Crippen LogP contribution in [0.15, 0.2) is 36.4 Å². The molecule has 0 fully saturated rings. The van der Waals surface area contributed by atoms with Gasteiger partial charge in [0.25, 0.3) is 5.91 Å². The number of nitrogens with one attached hydrogen (secondary N) is 1. The van der Waals surface area contributed by atoms with Crippen LogP contribution in [0, 0.1) is 18.6 Å². The predicted molar refractivity (Wildman–Crippen MR) is 73.1 cm³/mol. The minimum Gasteiger partial charge on any atom is -0.399 e. The Morgan fingerprint density at radius 1 is 1.25 bits per heavy atom. The van der Waals surface area contributed by atoms with E-state index in [1.54, 1.807) is 12.1 Å². The van der Waals surface area contributed by atoms with Crippen LogP contribution in [-0.2, 0) is 6.54 Å². The number of benzene rings is 2. The molecule has 20 heavy (non-hydrogen) atoms. The summed E-state index contributed by atoms with van der Waals surface area (Å²) in [5.74, 6) is -1.57. The highest BCUT2D eigenvalue weighted by Crippen LogP contribution is 2.17. The lowest BCUT2D eigenvalue weighted by molar-refractivity contribution is 0.0946. The van der Waals surface area contributed by atoms with Crippen LogP contribution in [0.2, 0.25) is 0 Å². The molecule has 3 nitrogen and oxygen atoms in total. The van der Waals surface area contributed by atoms with Crippen molar-refractivity contribution in [2.75, 3.05) is 5.73 Å². The van der Waals surface area contributed by atoms with E-state index in [9.17, 15) is 13.6 Å². The molecule has 0 spiro atoms. The van der Waals surface area contributed by atoms with Gasteiger partial charge in [0.1, 0.15) is 11.6 Å². The highest BCUT2D eigenvalue weighted by Gasteiger charge is 2.14. The van der Waals surface area contributed by atoms with Gasteiger partial charge in [-0.3, -0.25) is 4.79 Å². The molecule has 0 bridgehead atoms. The zero-order valence-corrected chi connectivity index (χ0v) is 10.9. The molecule has 3 N–H and O–H groups in total. The molecule has 5 heteroatoms. The topological polar surface area (TPSA) is 55.1 Å². The average molecular weight is 276 g/mol. The molecule has 0 unspecified atom stereocenters. The van der Waals surface area contributed by atoms with E-state index in [0.29, 0.717) is 16.8 Å². The van der Waals surface area contributed by atoms with Crippen molar-refractivity contribution >= 4 is 11.6 Å². The fourth-order valence-corrected chi connectivity index (χ4v) is 1.89. The summed E-state index contributed by atoms with van der Waals surface area (Å²) in [6.07, 6.45) is 0. The van der Waals surface area contributed by atoms with Crippen molar-refractivity contribution in [1.82, 2.24) is 5.32 Å². The second kappa shape index (κ2) is 5.69. The number of rotatable bonds is 3. The van der Waals surface area contributed by atoms with Crippen LogP contribution < -0.4 is 11.1 Å². The second-order valence-electron chi connectivity index (χ2n) is 4.51. The molecule has 2 aromatic carbocycles. The molecule has 1 amide bonds. The maximum absolute atomic E-state index is 13.8. The van der Waals surface area contributed by atoms with E-state index in [-0.39, 0.29) is 17.9 Å². The Kier molecular flexibility index (Phi) is 3.98. The quantitative estimate of drug-likeness (QED) is 0.847. The van der Waals surface area contributed by atoms with E-state index < -0.39 is 11.7 Å². The first-order valence-electron chi connectivity index (χ1n) is 6.05. The van der Waals surface area contributed by atoms with Crippen LogP contribution >= 0.6 is 0 Å². The summed E-state index contributed by atoms with van der Waals surface area (Å²) in [6, 6.07) is 8.57. The molecule has 0 heterocycles. The van der Waals surface area contributed by atoms with E-state index in [2.05, 4.69) is 5.32 Å². The number of nitrogen functional groups attached to an aromatic ring is 1. The van der Waals surface area contributed by atoms with Crippen LogP contribution in [-0.4, -0.2) is 5.91 Å². The van der Waals surface area contributed by atoms with Crippen molar-refractivity contribution < 1.29 is 13.6 Å². The summed E-state index contributed by atoms with van der Waals surface area (Å²) >= 11 is 0. The number of amides is 1. The minimum atomic E-state index is -0.601. The number of carbonyl (C=O) groups excluding carboxylic acids is 1. The monoisotopic (exact) mass is 276 g/mol. The molecule has 0 saturated heterocycles. The van der Waals surface area contributed by atoms with Crippen molar-refractivity contribution in [2.45, 2.75) is 13.5 Å². The van der Waals surface area contributed by atoms with Crippen molar-refractivity contribution in [3.63, 3.8) is 0 Å². The lowest BCUT2D eigenvalue weighted by Crippen LogP contribution is -2.24. The van der Waals surface area contributed by atoms with Crippen molar-refractivity contribution in [1.29, 1.82) is 0 Å². The number of carbonyl (C=O) groups is 1. The molecule has 2 aromatic rings. The Morgan fingerprint density at radius 3 is 2.70 bits per heavy atom. The Balaban J connectivity index is 2.13. The lowest BCUT2D eigenvalue weighted by atomic mass is 10.1. The summed E-state index contributed by atoms with van der Waals surface area (Å²) in [5, 5.41) is 2.54. The van der Waals surface area contributed by atoms with E-state index >= 15 is 0 Å². The highest BCUT2D eigenvalue weighted by atomic mass is 19.1.